The summed E-state index contributed by atoms with van der Waals surface area (Å²) in [6.07, 6.45) is -0.154. The second kappa shape index (κ2) is 10.1. The highest BCUT2D eigenvalue weighted by Gasteiger charge is 2.08. The molecule has 0 saturated heterocycles. The first-order valence-corrected chi connectivity index (χ1v) is 8.67. The standard InChI is InChI=1S/C21H24N2O4/c1-15-5-4-6-16(2)21(15)27-12-11-26-18-8-7-17(13-19(18)25-3)14-23-20(24)9-10-22/h4-8,13H,9,11-12,14H2,1-3H3,(H,23,24). The Labute approximate surface area is 159 Å². The van der Waals surface area contributed by atoms with Crippen LogP contribution in [0.2, 0.25) is 0 Å². The SMILES string of the molecule is COc1cc(CNC(=O)CC#N)ccc1OCCOc1c(C)cccc1C. The van der Waals surface area contributed by atoms with Gasteiger partial charge in [-0.2, -0.15) is 5.26 Å². The van der Waals surface area contributed by atoms with Crippen molar-refractivity contribution in [3.05, 3.63) is 53.1 Å². The smallest absolute Gasteiger partial charge is 0.234 e. The number of hydrogen-bond donors (Lipinski definition) is 1. The van der Waals surface area contributed by atoms with Gasteiger partial charge in [-0.1, -0.05) is 24.3 Å². The number of rotatable bonds is 9. The lowest BCUT2D eigenvalue weighted by molar-refractivity contribution is -0.120. The fourth-order valence-electron chi connectivity index (χ4n) is 2.60. The molecule has 0 radical (unpaired) electrons. The summed E-state index contributed by atoms with van der Waals surface area (Å²) in [6.45, 7) is 5.15. The Morgan fingerprint density at radius 1 is 1.07 bits per heavy atom. The van der Waals surface area contributed by atoms with Crippen molar-refractivity contribution in [2.75, 3.05) is 20.3 Å². The molecule has 0 aliphatic heterocycles. The van der Waals surface area contributed by atoms with Crippen LogP contribution in [-0.4, -0.2) is 26.2 Å². The third-order valence-corrected chi connectivity index (χ3v) is 3.95. The third-order valence-electron chi connectivity index (χ3n) is 3.95. The maximum absolute atomic E-state index is 11.4. The molecule has 0 spiro atoms. The molecule has 2 aromatic carbocycles. The van der Waals surface area contributed by atoms with Gasteiger partial charge in [0.05, 0.1) is 13.2 Å². The van der Waals surface area contributed by atoms with Crippen LogP contribution in [0.15, 0.2) is 36.4 Å². The minimum Gasteiger partial charge on any atom is -0.493 e. The maximum atomic E-state index is 11.4. The number of para-hydroxylation sites is 1. The molecule has 0 fully saturated rings. The van der Waals surface area contributed by atoms with Crippen molar-refractivity contribution in [2.24, 2.45) is 0 Å². The zero-order valence-corrected chi connectivity index (χ0v) is 15.9. The van der Waals surface area contributed by atoms with Crippen LogP contribution in [0.25, 0.3) is 0 Å². The molecule has 6 heteroatoms. The van der Waals surface area contributed by atoms with Gasteiger partial charge in [0, 0.05) is 6.54 Å². The first-order chi connectivity index (χ1) is 13.0. The highest BCUT2D eigenvalue weighted by atomic mass is 16.5. The van der Waals surface area contributed by atoms with Crippen LogP contribution in [0.3, 0.4) is 0 Å². The number of amides is 1. The Kier molecular flexibility index (Phi) is 7.50. The predicted octanol–water partition coefficient (Wildman–Crippen LogP) is 3.30. The van der Waals surface area contributed by atoms with Crippen LogP contribution >= 0.6 is 0 Å². The zero-order chi connectivity index (χ0) is 19.6. The van der Waals surface area contributed by atoms with E-state index in [9.17, 15) is 4.79 Å². The van der Waals surface area contributed by atoms with Gasteiger partial charge in [0.25, 0.3) is 0 Å². The average molecular weight is 368 g/mol. The van der Waals surface area contributed by atoms with Crippen molar-refractivity contribution in [3.8, 4) is 23.3 Å². The van der Waals surface area contributed by atoms with E-state index in [2.05, 4.69) is 5.32 Å². The number of hydrogen-bond acceptors (Lipinski definition) is 5. The normalized spacial score (nSPS) is 10.0. The summed E-state index contributed by atoms with van der Waals surface area (Å²) in [6, 6.07) is 13.3. The van der Waals surface area contributed by atoms with E-state index < -0.39 is 0 Å². The molecule has 142 valence electrons. The molecule has 27 heavy (non-hydrogen) atoms. The van der Waals surface area contributed by atoms with E-state index in [1.165, 1.54) is 0 Å². The third kappa shape index (κ3) is 5.93. The van der Waals surface area contributed by atoms with Crippen molar-refractivity contribution in [1.29, 1.82) is 5.26 Å². The number of methoxy groups -OCH3 is 1. The molecule has 0 aliphatic carbocycles. The Bertz CT molecular complexity index is 807. The number of aryl methyl sites for hydroxylation is 2. The number of carbonyl (C=O) groups excluding carboxylic acids is 1. The summed E-state index contributed by atoms with van der Waals surface area (Å²) in [5, 5.41) is 11.2. The molecule has 6 nitrogen and oxygen atoms in total. The molecule has 1 N–H and O–H groups in total. The Hall–Kier alpha value is -3.20. The molecule has 0 bridgehead atoms. The van der Waals surface area contributed by atoms with Gasteiger partial charge in [-0.25, -0.2) is 0 Å². The number of nitrogens with one attached hydrogen (secondary N) is 1. The van der Waals surface area contributed by atoms with Crippen LogP contribution in [0, 0.1) is 25.2 Å². The molecule has 0 aliphatic rings. The Morgan fingerprint density at radius 2 is 1.78 bits per heavy atom. The molecule has 0 unspecified atom stereocenters. The van der Waals surface area contributed by atoms with Gasteiger partial charge in [0.2, 0.25) is 5.91 Å². The Balaban J connectivity index is 1.89. The lowest BCUT2D eigenvalue weighted by Crippen LogP contribution is -2.21. The Morgan fingerprint density at radius 3 is 2.44 bits per heavy atom. The van der Waals surface area contributed by atoms with Crippen molar-refractivity contribution in [1.82, 2.24) is 5.32 Å². The minimum absolute atomic E-state index is 0.154. The average Bonchev–Trinajstić information content (AvgIpc) is 2.66. The summed E-state index contributed by atoms with van der Waals surface area (Å²) in [4.78, 5) is 11.4. The largest absolute Gasteiger partial charge is 0.493 e. The van der Waals surface area contributed by atoms with Gasteiger partial charge in [-0.05, 0) is 42.7 Å². The van der Waals surface area contributed by atoms with E-state index in [1.54, 1.807) is 19.2 Å². The van der Waals surface area contributed by atoms with E-state index in [0.717, 1.165) is 22.4 Å². The van der Waals surface area contributed by atoms with Crippen LogP contribution in [0.1, 0.15) is 23.1 Å². The van der Waals surface area contributed by atoms with Gasteiger partial charge < -0.3 is 19.5 Å². The number of benzene rings is 2. The molecule has 0 saturated carbocycles. The molecule has 0 aromatic heterocycles. The number of carbonyl (C=O) groups is 1. The fourth-order valence-corrected chi connectivity index (χ4v) is 2.60. The van der Waals surface area contributed by atoms with Gasteiger partial charge in [-0.15, -0.1) is 0 Å². The van der Waals surface area contributed by atoms with Crippen molar-refractivity contribution >= 4 is 5.91 Å². The number of ether oxygens (including phenoxy) is 3. The summed E-state index contributed by atoms with van der Waals surface area (Å²) in [7, 11) is 1.56. The minimum atomic E-state index is -0.305. The molecule has 2 aromatic rings. The monoisotopic (exact) mass is 368 g/mol. The second-order valence-electron chi connectivity index (χ2n) is 6.01. The zero-order valence-electron chi connectivity index (χ0n) is 15.9. The first kappa shape index (κ1) is 20.1. The predicted molar refractivity (Wildman–Crippen MR) is 102 cm³/mol. The van der Waals surface area contributed by atoms with Crippen molar-refractivity contribution in [2.45, 2.75) is 26.8 Å². The number of nitrogens with zero attached hydrogens (tertiary/aromatic N) is 1. The van der Waals surface area contributed by atoms with Gasteiger partial charge in [0.1, 0.15) is 25.4 Å². The van der Waals surface area contributed by atoms with E-state index in [-0.39, 0.29) is 12.3 Å². The highest BCUT2D eigenvalue weighted by Crippen LogP contribution is 2.28. The van der Waals surface area contributed by atoms with E-state index in [4.69, 9.17) is 19.5 Å². The fraction of sp³-hybridized carbons (Fsp3) is 0.333. The molecular weight excluding hydrogens is 344 g/mol. The van der Waals surface area contributed by atoms with E-state index in [0.29, 0.717) is 31.3 Å². The molecule has 1 amide bonds. The van der Waals surface area contributed by atoms with Gasteiger partial charge >= 0.3 is 0 Å². The summed E-state index contributed by atoms with van der Waals surface area (Å²) < 4.78 is 17.0. The van der Waals surface area contributed by atoms with E-state index in [1.807, 2.05) is 44.2 Å². The van der Waals surface area contributed by atoms with E-state index >= 15 is 0 Å². The van der Waals surface area contributed by atoms with Gasteiger partial charge in [-0.3, -0.25) is 4.79 Å². The second-order valence-corrected chi connectivity index (χ2v) is 6.01. The first-order valence-electron chi connectivity index (χ1n) is 8.67. The van der Waals surface area contributed by atoms with Crippen molar-refractivity contribution in [3.63, 3.8) is 0 Å². The highest BCUT2D eigenvalue weighted by molar-refractivity contribution is 5.77. The van der Waals surface area contributed by atoms with Crippen LogP contribution < -0.4 is 19.5 Å². The molecule has 0 atom stereocenters. The lowest BCUT2D eigenvalue weighted by Gasteiger charge is -2.14. The summed E-state index contributed by atoms with van der Waals surface area (Å²) in [5.41, 5.74) is 3.04. The van der Waals surface area contributed by atoms with Crippen LogP contribution in [0.5, 0.6) is 17.2 Å². The van der Waals surface area contributed by atoms with Crippen LogP contribution in [-0.2, 0) is 11.3 Å². The quantitative estimate of drug-likeness (QED) is 0.687. The summed E-state index contributed by atoms with van der Waals surface area (Å²) >= 11 is 0. The molecule has 0 heterocycles. The number of nitriles is 1. The molecular formula is C21H24N2O4. The molecule has 2 rings (SSSR count). The topological polar surface area (TPSA) is 80.6 Å². The maximum Gasteiger partial charge on any atom is 0.234 e. The van der Waals surface area contributed by atoms with Gasteiger partial charge in [0.15, 0.2) is 11.5 Å². The summed E-state index contributed by atoms with van der Waals surface area (Å²) in [5.74, 6) is 1.76. The van der Waals surface area contributed by atoms with Crippen molar-refractivity contribution < 1.29 is 19.0 Å². The van der Waals surface area contributed by atoms with Crippen LogP contribution in [0.4, 0.5) is 0 Å². The lowest BCUT2D eigenvalue weighted by atomic mass is 10.1.